The van der Waals surface area contributed by atoms with Crippen LogP contribution >= 0.6 is 0 Å². The first-order valence-electron chi connectivity index (χ1n) is 5.37. The molecule has 1 rings (SSSR count). The van der Waals surface area contributed by atoms with Gasteiger partial charge in [0.25, 0.3) is 0 Å². The van der Waals surface area contributed by atoms with Gasteiger partial charge in [0.1, 0.15) is 0 Å². The van der Waals surface area contributed by atoms with Gasteiger partial charge in [-0.1, -0.05) is 6.92 Å². The summed E-state index contributed by atoms with van der Waals surface area (Å²) in [6, 6.07) is 0. The number of rotatable bonds is 3. The number of carbonyl (C=O) groups is 1. The van der Waals surface area contributed by atoms with Crippen LogP contribution in [-0.4, -0.2) is 35.6 Å². The van der Waals surface area contributed by atoms with Gasteiger partial charge in [-0.2, -0.15) is 0 Å². The number of carboxylic acid groups (broad SMARTS) is 1. The van der Waals surface area contributed by atoms with Gasteiger partial charge < -0.3 is 10.0 Å². The van der Waals surface area contributed by atoms with Gasteiger partial charge in [0.15, 0.2) is 0 Å². The smallest absolute Gasteiger partial charge is 0.310 e. The van der Waals surface area contributed by atoms with Crippen LogP contribution in [0.25, 0.3) is 0 Å². The molecule has 1 heterocycles. The zero-order chi connectivity index (χ0) is 10.8. The molecule has 0 saturated carbocycles. The molecular weight excluding hydrogens is 178 g/mol. The van der Waals surface area contributed by atoms with Crippen molar-refractivity contribution in [3.05, 3.63) is 0 Å². The second kappa shape index (κ2) is 4.30. The Morgan fingerprint density at radius 3 is 2.71 bits per heavy atom. The Bertz CT molecular complexity index is 213. The van der Waals surface area contributed by atoms with Crippen LogP contribution in [0.3, 0.4) is 0 Å². The summed E-state index contributed by atoms with van der Waals surface area (Å²) in [5, 5.41) is 9.01. The highest BCUT2D eigenvalue weighted by atomic mass is 16.4. The minimum absolute atomic E-state index is 0.614. The van der Waals surface area contributed by atoms with Crippen molar-refractivity contribution in [3.8, 4) is 0 Å². The first-order valence-corrected chi connectivity index (χ1v) is 5.37. The minimum atomic E-state index is -0.698. The molecule has 0 bridgehead atoms. The molecule has 1 saturated heterocycles. The molecule has 14 heavy (non-hydrogen) atoms. The van der Waals surface area contributed by atoms with Gasteiger partial charge in [-0.25, -0.2) is 0 Å². The molecule has 0 aromatic rings. The fourth-order valence-corrected chi connectivity index (χ4v) is 2.06. The summed E-state index contributed by atoms with van der Waals surface area (Å²) in [6.45, 7) is 8.62. The van der Waals surface area contributed by atoms with E-state index in [0.717, 1.165) is 13.1 Å². The Morgan fingerprint density at radius 1 is 1.57 bits per heavy atom. The van der Waals surface area contributed by atoms with Crippen molar-refractivity contribution in [3.63, 3.8) is 0 Å². The third kappa shape index (κ3) is 2.98. The Balaban J connectivity index is 2.47. The monoisotopic (exact) mass is 199 g/mol. The van der Waals surface area contributed by atoms with E-state index in [9.17, 15) is 4.79 Å². The lowest BCUT2D eigenvalue weighted by atomic mass is 9.91. The predicted molar refractivity (Wildman–Crippen MR) is 56.3 cm³/mol. The van der Waals surface area contributed by atoms with Crippen molar-refractivity contribution in [2.45, 2.75) is 33.6 Å². The van der Waals surface area contributed by atoms with E-state index in [1.807, 2.05) is 0 Å². The van der Waals surface area contributed by atoms with Gasteiger partial charge in [0.05, 0.1) is 5.41 Å². The van der Waals surface area contributed by atoms with Crippen molar-refractivity contribution in [1.29, 1.82) is 0 Å². The third-order valence-electron chi connectivity index (χ3n) is 2.94. The molecule has 1 aliphatic heterocycles. The van der Waals surface area contributed by atoms with Crippen LogP contribution in [-0.2, 0) is 4.79 Å². The molecule has 0 spiro atoms. The Labute approximate surface area is 86.1 Å². The minimum Gasteiger partial charge on any atom is -0.481 e. The van der Waals surface area contributed by atoms with Gasteiger partial charge in [0, 0.05) is 13.1 Å². The molecular formula is C11H21NO2. The van der Waals surface area contributed by atoms with Crippen molar-refractivity contribution >= 4 is 5.97 Å². The zero-order valence-electron chi connectivity index (χ0n) is 9.42. The van der Waals surface area contributed by atoms with Crippen LogP contribution in [0.1, 0.15) is 33.6 Å². The summed E-state index contributed by atoms with van der Waals surface area (Å²) in [6.07, 6.45) is 2.49. The predicted octanol–water partition coefficient (Wildman–Crippen LogP) is 1.83. The molecule has 0 aromatic carbocycles. The number of piperidine rings is 1. The van der Waals surface area contributed by atoms with Crippen molar-refractivity contribution < 1.29 is 9.90 Å². The fraction of sp³-hybridized carbons (Fsp3) is 0.909. The van der Waals surface area contributed by atoms with E-state index < -0.39 is 11.4 Å². The Kier molecular flexibility index (Phi) is 3.53. The molecule has 0 aromatic heterocycles. The fourth-order valence-electron chi connectivity index (χ4n) is 2.06. The zero-order valence-corrected chi connectivity index (χ0v) is 9.42. The van der Waals surface area contributed by atoms with E-state index in [1.54, 1.807) is 13.8 Å². The number of hydrogen-bond acceptors (Lipinski definition) is 2. The molecule has 1 unspecified atom stereocenters. The van der Waals surface area contributed by atoms with Crippen LogP contribution in [0.15, 0.2) is 0 Å². The second-order valence-electron chi connectivity index (χ2n) is 5.17. The molecule has 0 aliphatic carbocycles. The molecule has 3 heteroatoms. The average Bonchev–Trinajstić information content (AvgIpc) is 2.02. The second-order valence-corrected chi connectivity index (χ2v) is 5.17. The van der Waals surface area contributed by atoms with Crippen LogP contribution in [0.5, 0.6) is 0 Å². The van der Waals surface area contributed by atoms with Gasteiger partial charge in [-0.05, 0) is 39.2 Å². The first kappa shape index (κ1) is 11.5. The highest BCUT2D eigenvalue weighted by molar-refractivity contribution is 5.73. The highest BCUT2D eigenvalue weighted by Crippen LogP contribution is 2.22. The number of carboxylic acids is 1. The van der Waals surface area contributed by atoms with Crippen molar-refractivity contribution in [2.24, 2.45) is 11.3 Å². The topological polar surface area (TPSA) is 40.5 Å². The summed E-state index contributed by atoms with van der Waals surface area (Å²) in [5.41, 5.74) is -0.614. The van der Waals surface area contributed by atoms with E-state index in [1.165, 1.54) is 12.8 Å². The third-order valence-corrected chi connectivity index (χ3v) is 2.94. The number of aliphatic carboxylic acids is 1. The number of likely N-dealkylation sites (tertiary alicyclic amines) is 1. The van der Waals surface area contributed by atoms with Gasteiger partial charge >= 0.3 is 5.97 Å². The molecule has 0 radical (unpaired) electrons. The number of nitrogens with zero attached hydrogens (tertiary/aromatic N) is 1. The largest absolute Gasteiger partial charge is 0.481 e. The van der Waals surface area contributed by atoms with E-state index >= 15 is 0 Å². The summed E-state index contributed by atoms with van der Waals surface area (Å²) in [5.74, 6) is 0.0177. The summed E-state index contributed by atoms with van der Waals surface area (Å²) in [7, 11) is 0. The molecule has 3 nitrogen and oxygen atoms in total. The van der Waals surface area contributed by atoms with Crippen LogP contribution < -0.4 is 0 Å². The lowest BCUT2D eigenvalue weighted by Crippen LogP contribution is -2.43. The number of hydrogen-bond donors (Lipinski definition) is 1. The standard InChI is InChI=1S/C11H21NO2/c1-9-5-4-6-12(7-9)8-11(2,3)10(13)14/h9H,4-8H2,1-3H3,(H,13,14). The lowest BCUT2D eigenvalue weighted by Gasteiger charge is -2.35. The first-order chi connectivity index (χ1) is 6.42. The Hall–Kier alpha value is -0.570. The summed E-state index contributed by atoms with van der Waals surface area (Å²) < 4.78 is 0. The quantitative estimate of drug-likeness (QED) is 0.754. The lowest BCUT2D eigenvalue weighted by molar-refractivity contribution is -0.148. The van der Waals surface area contributed by atoms with E-state index in [0.29, 0.717) is 12.5 Å². The maximum atomic E-state index is 10.9. The summed E-state index contributed by atoms with van der Waals surface area (Å²) in [4.78, 5) is 13.2. The maximum absolute atomic E-state index is 10.9. The van der Waals surface area contributed by atoms with Crippen molar-refractivity contribution in [2.75, 3.05) is 19.6 Å². The van der Waals surface area contributed by atoms with Crippen LogP contribution in [0, 0.1) is 11.3 Å². The van der Waals surface area contributed by atoms with Gasteiger partial charge in [0.2, 0.25) is 0 Å². The van der Waals surface area contributed by atoms with Crippen LogP contribution in [0.2, 0.25) is 0 Å². The normalized spacial score (nSPS) is 24.9. The maximum Gasteiger partial charge on any atom is 0.310 e. The molecule has 1 N–H and O–H groups in total. The summed E-state index contributed by atoms with van der Waals surface area (Å²) >= 11 is 0. The molecule has 1 fully saturated rings. The SMILES string of the molecule is CC1CCCN(CC(C)(C)C(=O)O)C1. The molecule has 82 valence electrons. The molecule has 0 amide bonds. The Morgan fingerprint density at radius 2 is 2.21 bits per heavy atom. The van der Waals surface area contributed by atoms with Gasteiger partial charge in [-0.3, -0.25) is 4.79 Å². The average molecular weight is 199 g/mol. The van der Waals surface area contributed by atoms with Gasteiger partial charge in [-0.15, -0.1) is 0 Å². The van der Waals surface area contributed by atoms with Crippen LogP contribution in [0.4, 0.5) is 0 Å². The molecule has 1 aliphatic rings. The van der Waals surface area contributed by atoms with E-state index in [2.05, 4.69) is 11.8 Å². The molecule has 1 atom stereocenters. The highest BCUT2D eigenvalue weighted by Gasteiger charge is 2.31. The van der Waals surface area contributed by atoms with E-state index in [4.69, 9.17) is 5.11 Å². The van der Waals surface area contributed by atoms with Crippen molar-refractivity contribution in [1.82, 2.24) is 4.90 Å². The van der Waals surface area contributed by atoms with E-state index in [-0.39, 0.29) is 0 Å².